The molecule has 0 aliphatic carbocycles. The second-order valence-electron chi connectivity index (χ2n) is 24.8. The average Bonchev–Trinajstić information content (AvgIpc) is 0.737. The van der Waals surface area contributed by atoms with Gasteiger partial charge in [-0.1, -0.05) is 145 Å². The molecule has 0 unspecified atom stereocenters. The van der Waals surface area contributed by atoms with Gasteiger partial charge in [0, 0.05) is 94.3 Å². The number of rotatable bonds is 16. The molecule has 556 valence electrons. The summed E-state index contributed by atoms with van der Waals surface area (Å²) in [6.45, 7) is 7.64. The first-order valence-electron chi connectivity index (χ1n) is 33.2. The van der Waals surface area contributed by atoms with E-state index in [0.717, 1.165) is 43.9 Å². The number of thioether (sulfide) groups is 2. The number of aryl methyl sites for hydroxylation is 2. The molecule has 14 aromatic rings. The molecule has 8 heterocycles. The number of aromatic nitrogens is 4. The van der Waals surface area contributed by atoms with Gasteiger partial charge in [-0.15, -0.1) is 0 Å². The molecule has 8 aromatic heterocycles. The first kappa shape index (κ1) is 79.0. The number of anilines is 1. The van der Waals surface area contributed by atoms with Gasteiger partial charge in [0.2, 0.25) is 0 Å². The molecule has 4 N–H and O–H groups in total. The second-order valence-corrected chi connectivity index (χ2v) is 29.4. The number of hydrogen-bond donors (Lipinski definition) is 4. The molecule has 0 fully saturated rings. The van der Waals surface area contributed by atoms with Crippen molar-refractivity contribution >= 4 is 113 Å². The monoisotopic (exact) mass is 1620 g/mol. The Hall–Kier alpha value is -12.1. The number of hydrogen-bond acceptors (Lipinski definition) is 23. The van der Waals surface area contributed by atoms with E-state index in [0.29, 0.717) is 79.7 Å². The van der Waals surface area contributed by atoms with Gasteiger partial charge in [0.15, 0.2) is 32.6 Å². The molecule has 110 heavy (non-hydrogen) atoms. The predicted octanol–water partition coefficient (Wildman–Crippen LogP) is 14.9. The van der Waals surface area contributed by atoms with E-state index in [9.17, 15) is 63.2 Å². The predicted molar refractivity (Wildman–Crippen MR) is 426 cm³/mol. The zero-order chi connectivity index (χ0) is 78.8. The second kappa shape index (κ2) is 34.9. The minimum absolute atomic E-state index is 0.00611. The smallest absolute Gasteiger partial charge is 0.354 e. The van der Waals surface area contributed by atoms with Gasteiger partial charge in [-0.25, -0.2) is 23.6 Å². The van der Waals surface area contributed by atoms with Crippen LogP contribution >= 0.6 is 63.0 Å². The number of nitriles is 2. The van der Waals surface area contributed by atoms with Gasteiger partial charge in [-0.05, 0) is 115 Å². The fraction of sp³-hybridized carbons (Fsp3) is 0.136. The Morgan fingerprint density at radius 3 is 1.44 bits per heavy atom. The van der Waals surface area contributed by atoms with Crippen molar-refractivity contribution < 1.29 is 42.5 Å². The van der Waals surface area contributed by atoms with Crippen LogP contribution in [-0.2, 0) is 26.2 Å². The van der Waals surface area contributed by atoms with Gasteiger partial charge in [-0.2, -0.15) is 10.5 Å². The summed E-state index contributed by atoms with van der Waals surface area (Å²) in [4.78, 5) is 105. The normalized spacial score (nSPS) is 11.0. The van der Waals surface area contributed by atoms with Crippen molar-refractivity contribution in [1.29, 1.82) is 10.5 Å². The maximum absolute atomic E-state index is 13.7. The summed E-state index contributed by atoms with van der Waals surface area (Å²) in [5.41, 5.74) is 1.82. The molecule has 0 saturated carbocycles. The summed E-state index contributed by atoms with van der Waals surface area (Å²) in [7, 11) is 3.88. The van der Waals surface area contributed by atoms with E-state index in [1.165, 1.54) is 49.7 Å². The van der Waals surface area contributed by atoms with Crippen molar-refractivity contribution in [2.75, 3.05) is 19.0 Å². The van der Waals surface area contributed by atoms with Gasteiger partial charge in [-0.3, -0.25) is 19.2 Å². The van der Waals surface area contributed by atoms with Crippen molar-refractivity contribution in [2.45, 2.75) is 89.4 Å². The van der Waals surface area contributed by atoms with Crippen LogP contribution in [0.1, 0.15) is 53.7 Å². The largest absolute Gasteiger partial charge is 0.505 e. The molecular weight excluding hydrogens is 1550 g/mol. The first-order valence-corrected chi connectivity index (χ1v) is 37.3. The van der Waals surface area contributed by atoms with Crippen LogP contribution in [0.3, 0.4) is 0 Å². The molecule has 0 aliphatic rings. The Labute approximate surface area is 648 Å². The van der Waals surface area contributed by atoms with Crippen LogP contribution in [0.4, 0.5) is 10.1 Å². The van der Waals surface area contributed by atoms with Crippen molar-refractivity contribution in [2.24, 2.45) is 0 Å². The summed E-state index contributed by atoms with van der Waals surface area (Å²) in [5, 5.41) is 62.2. The van der Waals surface area contributed by atoms with E-state index in [1.54, 1.807) is 53.5 Å². The number of aliphatic hydroxyl groups is 1. The van der Waals surface area contributed by atoms with E-state index in [2.05, 4.69) is 15.9 Å². The average molecular weight is 1620 g/mol. The summed E-state index contributed by atoms with van der Waals surface area (Å²) in [6, 6.07) is 56.8. The Morgan fingerprint density at radius 1 is 0.500 bits per heavy atom. The van der Waals surface area contributed by atoms with Crippen LogP contribution in [0.25, 0.3) is 55.1 Å². The highest BCUT2D eigenvalue weighted by molar-refractivity contribution is 9.10. The lowest BCUT2D eigenvalue weighted by Crippen LogP contribution is -2.25. The fourth-order valence-corrected chi connectivity index (χ4v) is 14.9. The summed E-state index contributed by atoms with van der Waals surface area (Å²) >= 11 is 6.78. The van der Waals surface area contributed by atoms with Gasteiger partial charge in [0.1, 0.15) is 54.4 Å². The third-order valence-corrected chi connectivity index (χ3v) is 21.1. The van der Waals surface area contributed by atoms with E-state index >= 15 is 0 Å². The Morgan fingerprint density at radius 2 is 0.955 bits per heavy atom. The standard InChI is InChI=1S/C25H23BrN2O4S.C22H17NO4S.C17H11FN2O4S.C17H12N2O4S/c1-14(2)28-20(15-9-8-10-16(13-15)27(3)4)19(26)22-18(24(28)30)21(29)23(25(31)32-22)33-17-11-6-5-7-12-17;24-14-16-11-19-18(21(25)23(16)13-15-7-3-1-4-8-15)12-20(22(26)27-19)28-17-9-5-2-6-10-17;1-9-6-12-13(14(21)15(25-8-19)17(23)24-12)16(22)20(9)7-10-2-4-11(18)5-3-10;1-10-7-12-13(14(20)15(24-9-18)17(22)23-12)16(21)19(10)8-11-5-3-2-4-6-11/h5-14,29H,1-4H3;1-12,24H,13-14H2;2-6,21H,7H2,1H3;2-7,20H,8H2,1H3. The Bertz CT molecular complexity index is 6460. The highest BCUT2D eigenvalue weighted by Gasteiger charge is 2.28. The first-order chi connectivity index (χ1) is 52.8. The van der Waals surface area contributed by atoms with Gasteiger partial charge >= 0.3 is 22.5 Å². The van der Waals surface area contributed by atoms with Crippen LogP contribution in [0, 0.1) is 41.0 Å². The third kappa shape index (κ3) is 17.2. The molecule has 0 aliphatic heterocycles. The highest BCUT2D eigenvalue weighted by Crippen LogP contribution is 2.42. The molecule has 6 aromatic carbocycles. The number of pyridine rings is 4. The third-order valence-electron chi connectivity index (χ3n) is 17.0. The number of fused-ring (bicyclic) bond motifs is 4. The molecule has 0 radical (unpaired) electrons. The van der Waals surface area contributed by atoms with E-state index in [1.807, 2.05) is 178 Å². The van der Waals surface area contributed by atoms with Crippen LogP contribution in [0.5, 0.6) is 17.2 Å². The zero-order valence-electron chi connectivity index (χ0n) is 59.1. The van der Waals surface area contributed by atoms with Gasteiger partial charge < -0.3 is 61.3 Å². The number of thiocyanates is 2. The summed E-state index contributed by atoms with van der Waals surface area (Å²) < 4.78 is 40.6. The zero-order valence-corrected chi connectivity index (χ0v) is 63.9. The minimum atomic E-state index is -0.883. The fourth-order valence-electron chi connectivity index (χ4n) is 11.7. The van der Waals surface area contributed by atoms with Gasteiger partial charge in [0.25, 0.3) is 22.2 Å². The van der Waals surface area contributed by atoms with Crippen molar-refractivity contribution in [3.63, 3.8) is 0 Å². The molecule has 14 rings (SSSR count). The van der Waals surface area contributed by atoms with Crippen LogP contribution in [-0.4, -0.2) is 52.8 Å². The van der Waals surface area contributed by atoms with Crippen molar-refractivity contribution in [3.05, 3.63) is 321 Å². The molecule has 0 bridgehead atoms. The SMILES string of the molecule is CC(C)n1c(-c2cccc(N(C)C)c2)c(Br)c2oc(=O)c(Sc3ccccc3)c(O)c2c1=O.Cc1cc2oc(=O)c(SC#N)c(O)c2c(=O)n1Cc1ccc(F)cc1.Cc1cc2oc(=O)c(SC#N)c(O)c2c(=O)n1Cc1ccccc1.O=c1oc2cc(CO)n(Cc3ccccc3)c(=O)c2cc1Sc1ccccc1. The molecule has 29 heteroatoms. The molecule has 0 spiro atoms. The number of nitrogens with zero attached hydrogens (tertiary/aromatic N) is 7. The number of aliphatic hydroxyl groups excluding tert-OH is 1. The Balaban J connectivity index is 0.000000147. The highest BCUT2D eigenvalue weighted by atomic mass is 79.9. The molecule has 0 saturated heterocycles. The lowest BCUT2D eigenvalue weighted by Gasteiger charge is -2.21. The molecule has 23 nitrogen and oxygen atoms in total. The number of benzene rings is 6. The molecule has 0 atom stereocenters. The van der Waals surface area contributed by atoms with E-state index in [-0.39, 0.29) is 89.5 Å². The molecular formula is C81H63BrFN7O16S4. The maximum atomic E-state index is 13.7. The lowest BCUT2D eigenvalue weighted by atomic mass is 10.1. The Kier molecular flexibility index (Phi) is 25.0. The quantitative estimate of drug-likeness (QED) is 0.0516. The maximum Gasteiger partial charge on any atom is 0.354 e. The topological polar surface area (TPSA) is 341 Å². The van der Waals surface area contributed by atoms with Crippen LogP contribution in [0.15, 0.2) is 284 Å². The lowest BCUT2D eigenvalue weighted by molar-refractivity contribution is 0.269. The number of aromatic hydroxyl groups is 3. The van der Waals surface area contributed by atoms with Gasteiger partial charge in [0.05, 0.1) is 52.4 Å². The van der Waals surface area contributed by atoms with Crippen molar-refractivity contribution in [1.82, 2.24) is 18.3 Å². The van der Waals surface area contributed by atoms with E-state index in [4.69, 9.17) is 28.2 Å². The summed E-state index contributed by atoms with van der Waals surface area (Å²) in [6.07, 6.45) is 0. The minimum Gasteiger partial charge on any atom is -0.505 e. The van der Waals surface area contributed by atoms with E-state index < -0.39 is 50.7 Å². The van der Waals surface area contributed by atoms with Crippen LogP contribution < -0.4 is 49.6 Å². The molecule has 0 amide bonds. The van der Waals surface area contributed by atoms with Crippen LogP contribution in [0.2, 0.25) is 0 Å². The van der Waals surface area contributed by atoms with Crippen molar-refractivity contribution in [3.8, 4) is 39.3 Å². The summed E-state index contributed by atoms with van der Waals surface area (Å²) in [5.74, 6) is -1.84. The number of halogens is 2.